The van der Waals surface area contributed by atoms with E-state index in [1.165, 1.54) is 0 Å². The van der Waals surface area contributed by atoms with Gasteiger partial charge in [0, 0.05) is 51.4 Å². The monoisotopic (exact) mass is 381 g/mol. The molecule has 2 aromatic rings. The van der Waals surface area contributed by atoms with Crippen LogP contribution in [0.2, 0.25) is 0 Å². The average Bonchev–Trinajstić information content (AvgIpc) is 3.06. The van der Waals surface area contributed by atoms with Gasteiger partial charge in [-0.25, -0.2) is 0 Å². The zero-order valence-electron chi connectivity index (χ0n) is 16.5. The molecule has 1 aromatic heterocycles. The van der Waals surface area contributed by atoms with Crippen LogP contribution in [0.5, 0.6) is 0 Å². The van der Waals surface area contributed by atoms with Crippen LogP contribution < -0.4 is 4.90 Å². The third-order valence-electron chi connectivity index (χ3n) is 5.73. The van der Waals surface area contributed by atoms with E-state index in [0.717, 1.165) is 49.6 Å². The van der Waals surface area contributed by atoms with Crippen LogP contribution in [0.4, 0.5) is 5.82 Å². The highest BCUT2D eigenvalue weighted by Crippen LogP contribution is 2.25. The van der Waals surface area contributed by atoms with E-state index < -0.39 is 0 Å². The number of benzene rings is 1. The smallest absolute Gasteiger partial charge is 0.253 e. The zero-order valence-corrected chi connectivity index (χ0v) is 16.5. The minimum Gasteiger partial charge on any atom is -0.336 e. The van der Waals surface area contributed by atoms with Gasteiger partial charge in [-0.3, -0.25) is 24.1 Å². The van der Waals surface area contributed by atoms with Gasteiger partial charge in [-0.05, 0) is 31.9 Å². The Balaban J connectivity index is 1.41. The van der Waals surface area contributed by atoms with Crippen molar-refractivity contribution in [2.45, 2.75) is 25.8 Å². The van der Waals surface area contributed by atoms with E-state index in [2.05, 4.69) is 10.00 Å². The topological polar surface area (TPSA) is 61.7 Å². The fraction of sp³-hybridized carbons (Fsp3) is 0.476. The molecule has 1 aromatic carbocycles. The number of piperazine rings is 1. The summed E-state index contributed by atoms with van der Waals surface area (Å²) in [6.07, 6.45) is 1.85. The third-order valence-corrected chi connectivity index (χ3v) is 5.73. The summed E-state index contributed by atoms with van der Waals surface area (Å²) in [5.41, 5.74) is 1.64. The third kappa shape index (κ3) is 3.54. The van der Waals surface area contributed by atoms with Gasteiger partial charge in [0.15, 0.2) is 0 Å². The molecule has 7 heteroatoms. The summed E-state index contributed by atoms with van der Waals surface area (Å²) >= 11 is 0. The summed E-state index contributed by atoms with van der Waals surface area (Å²) in [6, 6.07) is 11.3. The molecular weight excluding hydrogens is 354 g/mol. The Labute approximate surface area is 165 Å². The van der Waals surface area contributed by atoms with Gasteiger partial charge in [0.1, 0.15) is 5.82 Å². The van der Waals surface area contributed by atoms with Crippen molar-refractivity contribution >= 4 is 17.6 Å². The van der Waals surface area contributed by atoms with Gasteiger partial charge in [0.25, 0.3) is 5.91 Å². The molecule has 3 heterocycles. The van der Waals surface area contributed by atoms with Gasteiger partial charge in [0.05, 0.1) is 11.7 Å². The zero-order chi connectivity index (χ0) is 19.7. The first-order valence-electron chi connectivity index (χ1n) is 9.95. The van der Waals surface area contributed by atoms with Crippen molar-refractivity contribution < 1.29 is 9.59 Å². The summed E-state index contributed by atoms with van der Waals surface area (Å²) in [4.78, 5) is 31.8. The fourth-order valence-electron chi connectivity index (χ4n) is 4.27. The number of rotatable bonds is 3. The van der Waals surface area contributed by atoms with Crippen LogP contribution in [-0.2, 0) is 11.8 Å². The molecule has 2 aliphatic heterocycles. The lowest BCUT2D eigenvalue weighted by Gasteiger charge is -2.42. The number of nitrogens with zero attached hydrogens (tertiary/aromatic N) is 5. The Morgan fingerprint density at radius 2 is 1.79 bits per heavy atom. The standard InChI is InChI=1S/C21H27N5O2/c1-16-15-19(23(2)22-16)26-10-6-9-18(21(26)28)24-11-13-25(14-12-24)20(27)17-7-4-3-5-8-17/h3-5,7-8,15,18H,6,9-14H2,1-2H3/t18-/m1/s1. The van der Waals surface area contributed by atoms with E-state index >= 15 is 0 Å². The predicted octanol–water partition coefficient (Wildman–Crippen LogP) is 1.68. The van der Waals surface area contributed by atoms with Gasteiger partial charge < -0.3 is 4.90 Å². The minimum absolute atomic E-state index is 0.0715. The van der Waals surface area contributed by atoms with Gasteiger partial charge in [-0.1, -0.05) is 18.2 Å². The first kappa shape index (κ1) is 18.7. The summed E-state index contributed by atoms with van der Waals surface area (Å²) in [7, 11) is 1.88. The maximum absolute atomic E-state index is 13.2. The highest BCUT2D eigenvalue weighted by Gasteiger charge is 2.36. The second kappa shape index (κ2) is 7.75. The Morgan fingerprint density at radius 1 is 1.07 bits per heavy atom. The van der Waals surface area contributed by atoms with E-state index in [0.29, 0.717) is 13.1 Å². The second-order valence-electron chi connectivity index (χ2n) is 7.61. The molecule has 2 amide bonds. The lowest BCUT2D eigenvalue weighted by atomic mass is 10.0. The van der Waals surface area contributed by atoms with Crippen LogP contribution in [0.15, 0.2) is 36.4 Å². The van der Waals surface area contributed by atoms with Gasteiger partial charge in [-0.2, -0.15) is 5.10 Å². The Bertz CT molecular complexity index is 855. The van der Waals surface area contributed by atoms with Crippen LogP contribution in [0.25, 0.3) is 0 Å². The molecular formula is C21H27N5O2. The molecule has 0 bridgehead atoms. The first-order chi connectivity index (χ1) is 13.5. The van der Waals surface area contributed by atoms with Crippen molar-refractivity contribution in [3.63, 3.8) is 0 Å². The predicted molar refractivity (Wildman–Crippen MR) is 107 cm³/mol. The van der Waals surface area contributed by atoms with Crippen molar-refractivity contribution in [2.24, 2.45) is 7.05 Å². The number of anilines is 1. The maximum atomic E-state index is 13.2. The molecule has 7 nitrogen and oxygen atoms in total. The largest absolute Gasteiger partial charge is 0.336 e. The van der Waals surface area contributed by atoms with Crippen molar-refractivity contribution in [3.05, 3.63) is 47.7 Å². The van der Waals surface area contributed by atoms with Crippen LogP contribution in [0.1, 0.15) is 28.9 Å². The second-order valence-corrected chi connectivity index (χ2v) is 7.61. The van der Waals surface area contributed by atoms with E-state index in [9.17, 15) is 9.59 Å². The number of piperidine rings is 1. The van der Waals surface area contributed by atoms with Gasteiger partial charge >= 0.3 is 0 Å². The number of hydrogen-bond acceptors (Lipinski definition) is 4. The van der Waals surface area contributed by atoms with E-state index in [1.807, 2.05) is 60.2 Å². The summed E-state index contributed by atoms with van der Waals surface area (Å²) in [6.45, 7) is 5.45. The van der Waals surface area contributed by atoms with E-state index in [-0.39, 0.29) is 17.9 Å². The van der Waals surface area contributed by atoms with Gasteiger partial charge in [-0.15, -0.1) is 0 Å². The number of aromatic nitrogens is 2. The molecule has 0 spiro atoms. The summed E-state index contributed by atoms with van der Waals surface area (Å²) in [5.74, 6) is 1.09. The van der Waals surface area contributed by atoms with Gasteiger partial charge in [0.2, 0.25) is 5.91 Å². The van der Waals surface area contributed by atoms with Crippen molar-refractivity contribution in [1.82, 2.24) is 19.6 Å². The van der Waals surface area contributed by atoms with E-state index in [1.54, 1.807) is 4.68 Å². The Hall–Kier alpha value is -2.67. The molecule has 2 saturated heterocycles. The molecule has 1 atom stereocenters. The molecule has 2 aliphatic rings. The summed E-state index contributed by atoms with van der Waals surface area (Å²) < 4.78 is 1.78. The minimum atomic E-state index is -0.113. The SMILES string of the molecule is Cc1cc(N2CCC[C@@H](N3CCN(C(=O)c4ccccc4)CC3)C2=O)n(C)n1. The van der Waals surface area contributed by atoms with Crippen LogP contribution in [0.3, 0.4) is 0 Å². The number of hydrogen-bond donors (Lipinski definition) is 0. The lowest BCUT2D eigenvalue weighted by molar-refractivity contribution is -0.126. The number of carbonyl (C=O) groups is 2. The van der Waals surface area contributed by atoms with Crippen molar-refractivity contribution in [2.75, 3.05) is 37.6 Å². The van der Waals surface area contributed by atoms with Crippen molar-refractivity contribution in [3.8, 4) is 0 Å². The molecule has 148 valence electrons. The number of aryl methyl sites for hydroxylation is 2. The summed E-state index contributed by atoms with van der Waals surface area (Å²) in [5, 5.41) is 4.38. The average molecular weight is 381 g/mol. The van der Waals surface area contributed by atoms with Crippen molar-refractivity contribution in [1.29, 1.82) is 0 Å². The van der Waals surface area contributed by atoms with Crippen LogP contribution in [-0.4, -0.2) is 70.2 Å². The maximum Gasteiger partial charge on any atom is 0.253 e. The highest BCUT2D eigenvalue weighted by molar-refractivity contribution is 5.97. The number of carbonyl (C=O) groups excluding carboxylic acids is 2. The Kier molecular flexibility index (Phi) is 5.17. The lowest BCUT2D eigenvalue weighted by Crippen LogP contribution is -2.58. The quantitative estimate of drug-likeness (QED) is 0.812. The molecule has 4 rings (SSSR count). The molecule has 0 N–H and O–H groups in total. The van der Waals surface area contributed by atoms with Crippen LogP contribution in [0, 0.1) is 6.92 Å². The molecule has 0 saturated carbocycles. The number of amides is 2. The molecule has 28 heavy (non-hydrogen) atoms. The fourth-order valence-corrected chi connectivity index (χ4v) is 4.27. The Morgan fingerprint density at radius 3 is 2.43 bits per heavy atom. The molecule has 2 fully saturated rings. The molecule has 0 radical (unpaired) electrons. The highest BCUT2D eigenvalue weighted by atomic mass is 16.2. The van der Waals surface area contributed by atoms with E-state index in [4.69, 9.17) is 0 Å². The molecule has 0 unspecified atom stereocenters. The molecule has 0 aliphatic carbocycles. The normalized spacial score (nSPS) is 21.2. The first-order valence-corrected chi connectivity index (χ1v) is 9.95. The van der Waals surface area contributed by atoms with Crippen LogP contribution >= 0.6 is 0 Å².